The van der Waals surface area contributed by atoms with Crippen LogP contribution in [0.4, 0.5) is 0 Å². The van der Waals surface area contributed by atoms with Gasteiger partial charge in [-0.05, 0) is 23.3 Å². The largest absolute Gasteiger partial charge is 0.497 e. The molecule has 0 aromatic heterocycles. The van der Waals surface area contributed by atoms with Gasteiger partial charge in [0.15, 0.2) is 0 Å². The molecule has 16 heavy (non-hydrogen) atoms. The highest BCUT2D eigenvalue weighted by molar-refractivity contribution is 5.63. The Hall–Kier alpha value is -2.09. The molecule has 0 radical (unpaired) electrons. The summed E-state index contributed by atoms with van der Waals surface area (Å²) < 4.78 is 5.11. The van der Waals surface area contributed by atoms with Crippen molar-refractivity contribution in [3.63, 3.8) is 0 Å². The molecule has 0 aliphatic carbocycles. The molecule has 0 saturated carbocycles. The number of hydrogen-bond donors (Lipinski definition) is 0. The smallest absolute Gasteiger partial charge is 0.118 e. The molecule has 82 valence electrons. The van der Waals surface area contributed by atoms with Gasteiger partial charge in [0, 0.05) is 0 Å². The number of carbonyl (C=O) groups excluding carboxylic acids is 1. The van der Waals surface area contributed by atoms with Crippen molar-refractivity contribution < 1.29 is 9.53 Å². The normalized spacial score (nSPS) is 8.81. The van der Waals surface area contributed by atoms with Crippen molar-refractivity contribution in [2.75, 3.05) is 7.11 Å². The fourth-order valence-electron chi connectivity index (χ4n) is 1.41. The Morgan fingerprint density at radius 2 is 1.31 bits per heavy atom. The minimum atomic E-state index is 0.893. The van der Waals surface area contributed by atoms with E-state index < -0.39 is 0 Å². The minimum absolute atomic E-state index is 0.893. The van der Waals surface area contributed by atoms with Crippen LogP contribution >= 0.6 is 0 Å². The first-order valence-electron chi connectivity index (χ1n) is 4.88. The molecule has 2 aromatic carbocycles. The summed E-state index contributed by atoms with van der Waals surface area (Å²) in [7, 11) is 1.68. The number of hydrogen-bond acceptors (Lipinski definition) is 2. The van der Waals surface area contributed by atoms with Crippen molar-refractivity contribution in [3.05, 3.63) is 54.6 Å². The molecule has 0 aliphatic heterocycles. The minimum Gasteiger partial charge on any atom is -0.497 e. The number of rotatable bonds is 2. The SMILES string of the molecule is C=O.COc1ccc(-c2ccccc2)cc1. The van der Waals surface area contributed by atoms with Crippen molar-refractivity contribution in [2.24, 2.45) is 0 Å². The van der Waals surface area contributed by atoms with E-state index in [9.17, 15) is 0 Å². The van der Waals surface area contributed by atoms with E-state index in [1.807, 2.05) is 37.1 Å². The molecule has 0 atom stereocenters. The summed E-state index contributed by atoms with van der Waals surface area (Å²) in [6, 6.07) is 18.4. The Bertz CT molecular complexity index is 407. The van der Waals surface area contributed by atoms with Crippen LogP contribution in [0.2, 0.25) is 0 Å². The summed E-state index contributed by atoms with van der Waals surface area (Å²) >= 11 is 0. The third kappa shape index (κ3) is 2.95. The van der Waals surface area contributed by atoms with Gasteiger partial charge in [0.1, 0.15) is 12.5 Å². The Kier molecular flexibility index (Phi) is 4.80. The van der Waals surface area contributed by atoms with Gasteiger partial charge in [-0.15, -0.1) is 0 Å². The first kappa shape index (κ1) is 12.0. The summed E-state index contributed by atoms with van der Waals surface area (Å²) in [6.07, 6.45) is 0. The van der Waals surface area contributed by atoms with Crippen LogP contribution in [0, 0.1) is 0 Å². The van der Waals surface area contributed by atoms with Gasteiger partial charge in [0.25, 0.3) is 0 Å². The second-order valence-corrected chi connectivity index (χ2v) is 3.09. The highest BCUT2D eigenvalue weighted by Gasteiger charge is 1.95. The lowest BCUT2D eigenvalue weighted by Gasteiger charge is -2.02. The Morgan fingerprint density at radius 3 is 1.81 bits per heavy atom. The first-order valence-corrected chi connectivity index (χ1v) is 4.88. The lowest BCUT2D eigenvalue weighted by Crippen LogP contribution is -1.82. The van der Waals surface area contributed by atoms with Gasteiger partial charge in [0.2, 0.25) is 0 Å². The van der Waals surface area contributed by atoms with E-state index in [1.165, 1.54) is 11.1 Å². The van der Waals surface area contributed by atoms with E-state index in [0.717, 1.165) is 5.75 Å². The number of carbonyl (C=O) groups is 1. The van der Waals surface area contributed by atoms with Gasteiger partial charge >= 0.3 is 0 Å². The van der Waals surface area contributed by atoms with Crippen LogP contribution in [0.3, 0.4) is 0 Å². The first-order chi connectivity index (χ1) is 7.90. The van der Waals surface area contributed by atoms with Gasteiger partial charge < -0.3 is 9.53 Å². The predicted octanol–water partition coefficient (Wildman–Crippen LogP) is 3.18. The number of benzene rings is 2. The van der Waals surface area contributed by atoms with Crippen LogP contribution < -0.4 is 4.74 Å². The van der Waals surface area contributed by atoms with E-state index >= 15 is 0 Å². The summed E-state index contributed by atoms with van der Waals surface area (Å²) in [5.41, 5.74) is 2.45. The molecule has 0 fully saturated rings. The molecular formula is C14H14O2. The zero-order valence-corrected chi connectivity index (χ0v) is 9.22. The van der Waals surface area contributed by atoms with Crippen molar-refractivity contribution in [3.8, 4) is 16.9 Å². The zero-order valence-electron chi connectivity index (χ0n) is 9.22. The van der Waals surface area contributed by atoms with Crippen molar-refractivity contribution in [2.45, 2.75) is 0 Å². The third-order valence-electron chi connectivity index (χ3n) is 2.20. The maximum atomic E-state index is 8.00. The molecule has 0 aliphatic rings. The predicted molar refractivity (Wildman–Crippen MR) is 65.6 cm³/mol. The molecule has 0 spiro atoms. The van der Waals surface area contributed by atoms with Gasteiger partial charge in [0.05, 0.1) is 7.11 Å². The maximum absolute atomic E-state index is 8.00. The molecular weight excluding hydrogens is 200 g/mol. The molecule has 2 aromatic rings. The van der Waals surface area contributed by atoms with E-state index in [1.54, 1.807) is 7.11 Å². The fraction of sp³-hybridized carbons (Fsp3) is 0.0714. The second-order valence-electron chi connectivity index (χ2n) is 3.09. The van der Waals surface area contributed by atoms with Crippen LogP contribution in [0.25, 0.3) is 11.1 Å². The van der Waals surface area contributed by atoms with E-state index in [-0.39, 0.29) is 0 Å². The average Bonchev–Trinajstić information content (AvgIpc) is 2.42. The van der Waals surface area contributed by atoms with Gasteiger partial charge in [-0.2, -0.15) is 0 Å². The molecule has 0 heterocycles. The highest BCUT2D eigenvalue weighted by atomic mass is 16.5. The van der Waals surface area contributed by atoms with Crippen molar-refractivity contribution >= 4 is 6.79 Å². The molecule has 0 saturated heterocycles. The fourth-order valence-corrected chi connectivity index (χ4v) is 1.41. The number of ether oxygens (including phenoxy) is 1. The van der Waals surface area contributed by atoms with E-state index in [4.69, 9.17) is 9.53 Å². The van der Waals surface area contributed by atoms with Crippen LogP contribution in [-0.2, 0) is 4.79 Å². The monoisotopic (exact) mass is 214 g/mol. The maximum Gasteiger partial charge on any atom is 0.118 e. The van der Waals surface area contributed by atoms with Gasteiger partial charge in [-0.25, -0.2) is 0 Å². The van der Waals surface area contributed by atoms with Crippen molar-refractivity contribution in [1.29, 1.82) is 0 Å². The lowest BCUT2D eigenvalue weighted by atomic mass is 10.1. The Balaban J connectivity index is 0.000000606. The average molecular weight is 214 g/mol. The van der Waals surface area contributed by atoms with Crippen molar-refractivity contribution in [1.82, 2.24) is 0 Å². The molecule has 2 heteroatoms. The molecule has 0 amide bonds. The Labute approximate surface area is 95.5 Å². The molecule has 0 bridgehead atoms. The number of methoxy groups -OCH3 is 1. The summed E-state index contributed by atoms with van der Waals surface area (Å²) in [4.78, 5) is 8.00. The summed E-state index contributed by atoms with van der Waals surface area (Å²) in [6.45, 7) is 2.00. The summed E-state index contributed by atoms with van der Waals surface area (Å²) in [5, 5.41) is 0. The standard InChI is InChI=1S/C13H12O.CH2O/c1-14-13-9-7-12(8-10-13)11-5-3-2-4-6-11;1-2/h2-10H,1H3;1H2. The molecule has 2 rings (SSSR count). The highest BCUT2D eigenvalue weighted by Crippen LogP contribution is 2.21. The molecule has 2 nitrogen and oxygen atoms in total. The zero-order chi connectivity index (χ0) is 11.8. The van der Waals surface area contributed by atoms with Gasteiger partial charge in [-0.1, -0.05) is 42.5 Å². The van der Waals surface area contributed by atoms with Crippen LogP contribution in [0.5, 0.6) is 5.75 Å². The third-order valence-corrected chi connectivity index (χ3v) is 2.20. The second kappa shape index (κ2) is 6.40. The van der Waals surface area contributed by atoms with E-state index in [2.05, 4.69) is 24.3 Å². The Morgan fingerprint density at radius 1 is 0.812 bits per heavy atom. The van der Waals surface area contributed by atoms with Crippen LogP contribution in [0.15, 0.2) is 54.6 Å². The molecule has 0 unspecified atom stereocenters. The summed E-state index contributed by atoms with van der Waals surface area (Å²) in [5.74, 6) is 0.893. The van der Waals surface area contributed by atoms with Crippen LogP contribution in [0.1, 0.15) is 0 Å². The lowest BCUT2D eigenvalue weighted by molar-refractivity contribution is -0.0979. The van der Waals surface area contributed by atoms with E-state index in [0.29, 0.717) is 0 Å². The van der Waals surface area contributed by atoms with Crippen LogP contribution in [-0.4, -0.2) is 13.9 Å². The topological polar surface area (TPSA) is 26.3 Å². The van der Waals surface area contributed by atoms with Gasteiger partial charge in [-0.3, -0.25) is 0 Å². The quantitative estimate of drug-likeness (QED) is 0.767. The molecule has 0 N–H and O–H groups in total.